The zero-order valence-electron chi connectivity index (χ0n) is 18.4. The fourth-order valence-electron chi connectivity index (χ4n) is 3.20. The number of halogens is 7. The number of alkyl halides is 3. The highest BCUT2D eigenvalue weighted by Crippen LogP contribution is 2.39. The second-order valence-corrected chi connectivity index (χ2v) is 12.4. The van der Waals surface area contributed by atoms with Gasteiger partial charge >= 0.3 is 15.6 Å². The molecule has 0 radical (unpaired) electrons. The highest BCUT2D eigenvalue weighted by molar-refractivity contribution is 9.11. The summed E-state index contributed by atoms with van der Waals surface area (Å²) in [6.45, 7) is 6.07. The predicted molar refractivity (Wildman–Crippen MR) is 149 cm³/mol. The van der Waals surface area contributed by atoms with E-state index in [9.17, 15) is 21.6 Å². The molecule has 0 unspecified atom stereocenters. The second kappa shape index (κ2) is 10.7. The third-order valence-corrected chi connectivity index (χ3v) is 10.1. The molecule has 4 aromatic rings. The summed E-state index contributed by atoms with van der Waals surface area (Å²) in [7, 11) is -5.70. The molecule has 35 heavy (non-hydrogen) atoms. The van der Waals surface area contributed by atoms with E-state index in [0.29, 0.717) is 5.39 Å². The normalized spacial score (nSPS) is 11.9. The van der Waals surface area contributed by atoms with Gasteiger partial charge in [-0.25, -0.2) is 0 Å². The van der Waals surface area contributed by atoms with Crippen LogP contribution >= 0.6 is 63.7 Å². The van der Waals surface area contributed by atoms with Crippen molar-refractivity contribution in [1.82, 2.24) is 0 Å². The van der Waals surface area contributed by atoms with Gasteiger partial charge in [0.2, 0.25) is 0 Å². The average Bonchev–Trinajstić information content (AvgIpc) is 2.77. The molecule has 0 N–H and O–H groups in total. The van der Waals surface area contributed by atoms with Crippen LogP contribution in [0, 0.1) is 20.8 Å². The Kier molecular flexibility index (Phi) is 8.68. The molecule has 0 atom stereocenters. The lowest BCUT2D eigenvalue weighted by atomic mass is 10.1. The second-order valence-electron chi connectivity index (χ2n) is 7.64. The number of hydrogen-bond donors (Lipinski definition) is 0. The molecule has 0 aromatic heterocycles. The zero-order chi connectivity index (χ0) is 26.3. The monoisotopic (exact) mass is 758 g/mol. The van der Waals surface area contributed by atoms with Crippen molar-refractivity contribution >= 4 is 95.4 Å². The van der Waals surface area contributed by atoms with Gasteiger partial charge < -0.3 is 4.18 Å². The van der Waals surface area contributed by atoms with Crippen LogP contribution in [0.25, 0.3) is 21.5 Å². The summed E-state index contributed by atoms with van der Waals surface area (Å²) in [4.78, 5) is 0. The largest absolute Gasteiger partial charge is 0.534 e. The molecule has 0 bridgehead atoms. The van der Waals surface area contributed by atoms with E-state index in [1.165, 1.54) is 43.0 Å². The van der Waals surface area contributed by atoms with Gasteiger partial charge in [-0.2, -0.15) is 21.6 Å². The van der Waals surface area contributed by atoms with E-state index < -0.39 is 21.4 Å². The van der Waals surface area contributed by atoms with Crippen molar-refractivity contribution in [3.63, 3.8) is 0 Å². The number of hydrogen-bond acceptors (Lipinski definition) is 3. The molecule has 0 saturated carbocycles. The van der Waals surface area contributed by atoms with E-state index in [1.54, 1.807) is 12.1 Å². The third-order valence-electron chi connectivity index (χ3n) is 5.17. The summed E-state index contributed by atoms with van der Waals surface area (Å²) in [5.41, 5.74) is -2.00. The molecule has 0 aliphatic carbocycles. The van der Waals surface area contributed by atoms with E-state index in [0.717, 1.165) is 15.4 Å². The van der Waals surface area contributed by atoms with Crippen molar-refractivity contribution in [3.8, 4) is 5.75 Å². The topological polar surface area (TPSA) is 43.4 Å². The first kappa shape index (κ1) is 28.4. The lowest BCUT2D eigenvalue weighted by Crippen LogP contribution is -2.28. The first-order chi connectivity index (χ1) is 16.2. The fraction of sp³-hybridized carbons (Fsp3) is 0.167. The molecule has 4 aromatic carbocycles. The molecule has 0 aliphatic heterocycles. The molecule has 0 aliphatic rings. The van der Waals surface area contributed by atoms with Gasteiger partial charge in [0.25, 0.3) is 0 Å². The first-order valence-corrected chi connectivity index (χ1v) is 14.5. The van der Waals surface area contributed by atoms with Gasteiger partial charge in [0, 0.05) is 18.8 Å². The third kappa shape index (κ3) is 5.89. The van der Waals surface area contributed by atoms with Gasteiger partial charge in [-0.1, -0.05) is 36.4 Å². The van der Waals surface area contributed by atoms with Crippen molar-refractivity contribution in [3.05, 3.63) is 83.1 Å². The van der Waals surface area contributed by atoms with Gasteiger partial charge in [-0.3, -0.25) is 0 Å². The number of benzene rings is 4. The molecular weight excluding hydrogens is 745 g/mol. The van der Waals surface area contributed by atoms with Crippen LogP contribution < -0.4 is 4.18 Å². The quantitative estimate of drug-likeness (QED) is 0.151. The lowest BCUT2D eigenvalue weighted by Gasteiger charge is -2.13. The SMILES string of the molecule is Cc1ccc2c(Br)c(C)ccc2c1Br.Cc1ccc2c(Br)c(OS(=O)(=O)C(F)(F)F)ccc2c1Br. The van der Waals surface area contributed by atoms with Crippen LogP contribution in [0.1, 0.15) is 16.7 Å². The van der Waals surface area contributed by atoms with Crippen LogP contribution in [-0.4, -0.2) is 13.9 Å². The van der Waals surface area contributed by atoms with Crippen LogP contribution in [-0.2, 0) is 10.1 Å². The van der Waals surface area contributed by atoms with Crippen molar-refractivity contribution < 1.29 is 25.8 Å². The summed E-state index contributed by atoms with van der Waals surface area (Å²) in [5.74, 6) is -0.421. The van der Waals surface area contributed by atoms with Gasteiger partial charge in [-0.05, 0) is 129 Å². The Morgan fingerprint density at radius 1 is 0.600 bits per heavy atom. The minimum atomic E-state index is -5.70. The average molecular weight is 762 g/mol. The molecule has 11 heteroatoms. The Morgan fingerprint density at radius 3 is 1.26 bits per heavy atom. The minimum Gasteiger partial charge on any atom is -0.375 e. The Bertz CT molecular complexity index is 1500. The highest BCUT2D eigenvalue weighted by atomic mass is 79.9. The predicted octanol–water partition coefficient (Wildman–Crippen LogP) is 9.88. The van der Waals surface area contributed by atoms with Gasteiger partial charge in [0.05, 0.1) is 4.47 Å². The van der Waals surface area contributed by atoms with Crippen LogP contribution in [0.5, 0.6) is 5.75 Å². The van der Waals surface area contributed by atoms with Gasteiger partial charge in [0.1, 0.15) is 0 Å². The number of fused-ring (bicyclic) bond motifs is 2. The van der Waals surface area contributed by atoms with E-state index >= 15 is 0 Å². The van der Waals surface area contributed by atoms with Crippen molar-refractivity contribution in [2.24, 2.45) is 0 Å². The number of aryl methyl sites for hydroxylation is 3. The lowest BCUT2D eigenvalue weighted by molar-refractivity contribution is -0.0500. The van der Waals surface area contributed by atoms with Crippen molar-refractivity contribution in [2.45, 2.75) is 26.3 Å². The Morgan fingerprint density at radius 2 is 0.914 bits per heavy atom. The number of rotatable bonds is 2. The van der Waals surface area contributed by atoms with E-state index in [1.807, 2.05) is 6.92 Å². The minimum absolute atomic E-state index is 0.133. The molecule has 0 fully saturated rings. The Labute approximate surface area is 234 Å². The van der Waals surface area contributed by atoms with E-state index in [2.05, 4.69) is 106 Å². The summed E-state index contributed by atoms with van der Waals surface area (Å²) in [5, 5.41) is 3.78. The molecule has 3 nitrogen and oxygen atoms in total. The summed E-state index contributed by atoms with van der Waals surface area (Å²) in [6, 6.07) is 14.6. The van der Waals surface area contributed by atoms with E-state index in [-0.39, 0.29) is 4.47 Å². The Balaban J connectivity index is 0.000000211. The van der Waals surface area contributed by atoms with Crippen LogP contribution in [0.15, 0.2) is 66.4 Å². The molecule has 0 spiro atoms. The maximum Gasteiger partial charge on any atom is 0.534 e. The molecule has 0 amide bonds. The molecular formula is C24H17Br4F3O3S. The summed E-state index contributed by atoms with van der Waals surface area (Å²) < 4.78 is 66.6. The van der Waals surface area contributed by atoms with Crippen molar-refractivity contribution in [1.29, 1.82) is 0 Å². The van der Waals surface area contributed by atoms with Crippen LogP contribution in [0.3, 0.4) is 0 Å². The smallest absolute Gasteiger partial charge is 0.375 e. The molecule has 186 valence electrons. The summed E-state index contributed by atoms with van der Waals surface area (Å²) >= 11 is 13.7. The van der Waals surface area contributed by atoms with Crippen LogP contribution in [0.2, 0.25) is 0 Å². The Hall–Kier alpha value is -1.14. The molecule has 4 rings (SSSR count). The zero-order valence-corrected chi connectivity index (χ0v) is 25.6. The molecule has 0 saturated heterocycles. The first-order valence-electron chi connectivity index (χ1n) is 9.87. The molecule has 0 heterocycles. The van der Waals surface area contributed by atoms with Crippen molar-refractivity contribution in [2.75, 3.05) is 0 Å². The maximum atomic E-state index is 12.3. The fourth-order valence-corrected chi connectivity index (χ4v) is 5.77. The van der Waals surface area contributed by atoms with Gasteiger partial charge in [0.15, 0.2) is 5.75 Å². The highest BCUT2D eigenvalue weighted by Gasteiger charge is 2.48. The summed E-state index contributed by atoms with van der Waals surface area (Å²) in [6.07, 6.45) is 0. The standard InChI is InChI=1S/C12H7Br2F3O3S.C12H10Br2/c1-6-2-3-8-7(10(6)13)4-5-9(11(8)14)20-21(18,19)12(15,16)17;1-7-3-5-10-9(11(7)13)6-4-8(2)12(10)14/h2-5H,1H3;3-6H,1-2H3. The van der Waals surface area contributed by atoms with E-state index in [4.69, 9.17) is 0 Å². The van der Waals surface area contributed by atoms with Gasteiger partial charge in [-0.15, -0.1) is 0 Å². The maximum absolute atomic E-state index is 12.3. The van der Waals surface area contributed by atoms with Crippen LogP contribution in [0.4, 0.5) is 13.2 Å².